The van der Waals surface area contributed by atoms with Gasteiger partial charge in [-0.05, 0) is 19.8 Å². The minimum Gasteiger partial charge on any atom is -0.434 e. The van der Waals surface area contributed by atoms with Gasteiger partial charge in [-0.3, -0.25) is 0 Å². The third-order valence-electron chi connectivity index (χ3n) is 1.91. The van der Waals surface area contributed by atoms with Crippen molar-refractivity contribution in [2.75, 3.05) is 0 Å². The Balaban J connectivity index is 1.97. The van der Waals surface area contributed by atoms with Crippen LogP contribution in [0, 0.1) is 5.92 Å². The van der Waals surface area contributed by atoms with Gasteiger partial charge in [-0.25, -0.2) is 4.79 Å². The van der Waals surface area contributed by atoms with Crippen LogP contribution in [0.25, 0.3) is 0 Å². The zero-order valence-corrected chi connectivity index (χ0v) is 5.87. The fourth-order valence-electron chi connectivity index (χ4n) is 1.07. The molecular formula is C7H10O3. The van der Waals surface area contributed by atoms with Crippen LogP contribution in [0.4, 0.5) is 0 Å². The van der Waals surface area contributed by atoms with E-state index in [-0.39, 0.29) is 18.4 Å². The number of cyclic esters (lactones) is 1. The summed E-state index contributed by atoms with van der Waals surface area (Å²) in [5, 5.41) is 0. The molecule has 0 bridgehead atoms. The predicted molar refractivity (Wildman–Crippen MR) is 33.2 cm³/mol. The molecule has 3 nitrogen and oxygen atoms in total. The normalized spacial score (nSPS) is 39.9. The van der Waals surface area contributed by atoms with Crippen LogP contribution >= 0.6 is 0 Å². The molecule has 1 saturated heterocycles. The van der Waals surface area contributed by atoms with Gasteiger partial charge in [0.05, 0.1) is 0 Å². The second-order valence-corrected chi connectivity index (χ2v) is 2.92. The zero-order chi connectivity index (χ0) is 7.14. The van der Waals surface area contributed by atoms with E-state index in [9.17, 15) is 4.79 Å². The van der Waals surface area contributed by atoms with Gasteiger partial charge in [0.15, 0.2) is 6.10 Å². The zero-order valence-electron chi connectivity index (χ0n) is 5.87. The lowest BCUT2D eigenvalue weighted by Crippen LogP contribution is -2.11. The molecule has 2 fully saturated rings. The first-order valence-electron chi connectivity index (χ1n) is 3.63. The molecule has 0 aromatic rings. The van der Waals surface area contributed by atoms with Crippen molar-refractivity contribution in [3.63, 3.8) is 0 Å². The Kier molecular flexibility index (Phi) is 1.20. The standard InChI is InChI=1S/C7H10O3/c1-4-6(8)10-7(9-4)5-2-3-5/h4-5,7H,2-3H2,1H3/t4-,7+/m0/s1. The highest BCUT2D eigenvalue weighted by atomic mass is 16.8. The van der Waals surface area contributed by atoms with Gasteiger partial charge in [0.1, 0.15) is 0 Å². The Bertz CT molecular complexity index is 162. The summed E-state index contributed by atoms with van der Waals surface area (Å²) in [7, 11) is 0. The predicted octanol–water partition coefficient (Wildman–Crippen LogP) is 0.684. The Morgan fingerprint density at radius 1 is 1.50 bits per heavy atom. The molecule has 2 rings (SSSR count). The molecule has 0 N–H and O–H groups in total. The molecular weight excluding hydrogens is 132 g/mol. The molecule has 0 aromatic carbocycles. The molecule has 2 atom stereocenters. The summed E-state index contributed by atoms with van der Waals surface area (Å²) >= 11 is 0. The van der Waals surface area contributed by atoms with E-state index in [2.05, 4.69) is 0 Å². The maximum Gasteiger partial charge on any atom is 0.337 e. The molecule has 56 valence electrons. The average molecular weight is 142 g/mol. The Hall–Kier alpha value is -0.570. The van der Waals surface area contributed by atoms with Gasteiger partial charge in [0, 0.05) is 5.92 Å². The maximum absolute atomic E-state index is 10.8. The number of ether oxygens (including phenoxy) is 2. The Morgan fingerprint density at radius 3 is 2.60 bits per heavy atom. The Morgan fingerprint density at radius 2 is 2.20 bits per heavy atom. The highest BCUT2D eigenvalue weighted by Gasteiger charge is 2.42. The first-order valence-corrected chi connectivity index (χ1v) is 3.63. The first-order chi connectivity index (χ1) is 4.77. The van der Waals surface area contributed by atoms with Crippen LogP contribution < -0.4 is 0 Å². The molecule has 1 aliphatic heterocycles. The van der Waals surface area contributed by atoms with Crippen LogP contribution in [0.1, 0.15) is 19.8 Å². The SMILES string of the molecule is C[C@@H]1O[C@@H](C2CC2)OC1=O. The van der Waals surface area contributed by atoms with Crippen molar-refractivity contribution in [3.8, 4) is 0 Å². The van der Waals surface area contributed by atoms with Gasteiger partial charge >= 0.3 is 5.97 Å². The summed E-state index contributed by atoms with van der Waals surface area (Å²) < 4.78 is 10.2. The number of rotatable bonds is 1. The van der Waals surface area contributed by atoms with Gasteiger partial charge in [0.2, 0.25) is 6.29 Å². The van der Waals surface area contributed by atoms with Crippen molar-refractivity contribution >= 4 is 5.97 Å². The van der Waals surface area contributed by atoms with E-state index in [0.29, 0.717) is 5.92 Å². The second-order valence-electron chi connectivity index (χ2n) is 2.92. The molecule has 0 unspecified atom stereocenters. The van der Waals surface area contributed by atoms with Crippen molar-refractivity contribution < 1.29 is 14.3 Å². The van der Waals surface area contributed by atoms with Crippen LogP contribution in [0.5, 0.6) is 0 Å². The van der Waals surface area contributed by atoms with E-state index >= 15 is 0 Å². The van der Waals surface area contributed by atoms with Crippen LogP contribution in [-0.4, -0.2) is 18.4 Å². The lowest BCUT2D eigenvalue weighted by molar-refractivity contribution is -0.144. The average Bonchev–Trinajstić information content (AvgIpc) is 2.64. The van der Waals surface area contributed by atoms with E-state index in [4.69, 9.17) is 9.47 Å². The van der Waals surface area contributed by atoms with E-state index in [0.717, 1.165) is 12.8 Å². The minimum atomic E-state index is -0.342. The molecule has 1 saturated carbocycles. The smallest absolute Gasteiger partial charge is 0.337 e. The summed E-state index contributed by atoms with van der Waals surface area (Å²) in [6.07, 6.45) is 1.73. The molecule has 1 heterocycles. The summed E-state index contributed by atoms with van der Waals surface area (Å²) in [6.45, 7) is 1.73. The van der Waals surface area contributed by atoms with E-state index < -0.39 is 0 Å². The van der Waals surface area contributed by atoms with Crippen molar-refractivity contribution in [2.45, 2.75) is 32.2 Å². The fraction of sp³-hybridized carbons (Fsp3) is 0.857. The number of esters is 1. The van der Waals surface area contributed by atoms with Crippen molar-refractivity contribution in [1.82, 2.24) is 0 Å². The van der Waals surface area contributed by atoms with Crippen molar-refractivity contribution in [1.29, 1.82) is 0 Å². The summed E-state index contributed by atoms with van der Waals surface area (Å²) in [6, 6.07) is 0. The molecule has 10 heavy (non-hydrogen) atoms. The monoisotopic (exact) mass is 142 g/mol. The lowest BCUT2D eigenvalue weighted by atomic mass is 10.4. The second kappa shape index (κ2) is 1.95. The lowest BCUT2D eigenvalue weighted by Gasteiger charge is -2.04. The van der Waals surface area contributed by atoms with Crippen LogP contribution in [0.3, 0.4) is 0 Å². The van der Waals surface area contributed by atoms with Crippen molar-refractivity contribution in [3.05, 3.63) is 0 Å². The van der Waals surface area contributed by atoms with Crippen molar-refractivity contribution in [2.24, 2.45) is 5.92 Å². The van der Waals surface area contributed by atoms with Gasteiger partial charge in [-0.1, -0.05) is 0 Å². The van der Waals surface area contributed by atoms with Gasteiger partial charge < -0.3 is 9.47 Å². The quantitative estimate of drug-likeness (QED) is 0.505. The van der Waals surface area contributed by atoms with E-state index in [1.165, 1.54) is 0 Å². The number of carbonyl (C=O) groups excluding carboxylic acids is 1. The summed E-state index contributed by atoms with van der Waals surface area (Å²) in [5.74, 6) is 0.283. The Labute approximate surface area is 59.3 Å². The molecule has 1 aliphatic carbocycles. The van der Waals surface area contributed by atoms with Gasteiger partial charge in [-0.2, -0.15) is 0 Å². The molecule has 0 radical (unpaired) electrons. The minimum absolute atomic E-state index is 0.211. The molecule has 0 amide bonds. The third-order valence-corrected chi connectivity index (χ3v) is 1.91. The van der Waals surface area contributed by atoms with E-state index in [1.54, 1.807) is 6.92 Å². The number of hydrogen-bond acceptors (Lipinski definition) is 3. The van der Waals surface area contributed by atoms with Crippen LogP contribution in [0.15, 0.2) is 0 Å². The fourth-order valence-corrected chi connectivity index (χ4v) is 1.07. The first kappa shape index (κ1) is 6.16. The molecule has 3 heteroatoms. The number of carbonyl (C=O) groups is 1. The van der Waals surface area contributed by atoms with Gasteiger partial charge in [0.25, 0.3) is 0 Å². The largest absolute Gasteiger partial charge is 0.434 e. The maximum atomic E-state index is 10.8. The summed E-state index contributed by atoms with van der Waals surface area (Å²) in [5.41, 5.74) is 0. The summed E-state index contributed by atoms with van der Waals surface area (Å²) in [4.78, 5) is 10.8. The third kappa shape index (κ3) is 0.904. The topological polar surface area (TPSA) is 35.5 Å². The molecule has 0 aromatic heterocycles. The van der Waals surface area contributed by atoms with Crippen LogP contribution in [-0.2, 0) is 14.3 Å². The highest BCUT2D eigenvalue weighted by Crippen LogP contribution is 2.37. The number of hydrogen-bond donors (Lipinski definition) is 0. The van der Waals surface area contributed by atoms with Gasteiger partial charge in [-0.15, -0.1) is 0 Å². The molecule has 2 aliphatic rings. The van der Waals surface area contributed by atoms with Crippen LogP contribution in [0.2, 0.25) is 0 Å². The molecule has 0 spiro atoms. The highest BCUT2D eigenvalue weighted by molar-refractivity contribution is 5.75. The van der Waals surface area contributed by atoms with E-state index in [1.807, 2.05) is 0 Å².